The summed E-state index contributed by atoms with van der Waals surface area (Å²) in [6.45, 7) is 12.8. The van der Waals surface area contributed by atoms with Crippen LogP contribution in [0.25, 0.3) is 0 Å². The van der Waals surface area contributed by atoms with Gasteiger partial charge in [-0.15, -0.1) is 0 Å². The Bertz CT molecular complexity index is 1340. The highest BCUT2D eigenvalue weighted by Gasteiger charge is 2.37. The van der Waals surface area contributed by atoms with Gasteiger partial charge in [-0.2, -0.15) is 10.1 Å². The highest BCUT2D eigenvalue weighted by molar-refractivity contribution is 8.17. The molecule has 39 heavy (non-hydrogen) atoms. The molecule has 1 saturated carbocycles. The molecular formula is C27H38ClN8OPS. The molecule has 1 saturated heterocycles. The first-order valence-corrected chi connectivity index (χ1v) is 17.5. The van der Waals surface area contributed by atoms with Gasteiger partial charge in [0.15, 0.2) is 5.82 Å². The number of β-amino-alcohol motifs (C(OH)–C–C–N with tert-alkyl or cyclic N) is 1. The predicted octanol–water partition coefficient (Wildman–Crippen LogP) is 4.27. The van der Waals surface area contributed by atoms with E-state index in [2.05, 4.69) is 54.9 Å². The summed E-state index contributed by atoms with van der Waals surface area (Å²) in [5.41, 5.74) is 1.12. The molecule has 2 aliphatic rings. The normalized spacial score (nSPS) is 21.0. The number of aromatic nitrogens is 4. The maximum absolute atomic E-state index is 10.1. The number of hydrogen-bond donors (Lipinski definition) is 3. The number of nitrogens with zero attached hydrogens (tertiary/aromatic N) is 6. The van der Waals surface area contributed by atoms with E-state index in [0.29, 0.717) is 28.9 Å². The molecule has 3 N–H and O–H groups in total. The molecule has 0 amide bonds. The van der Waals surface area contributed by atoms with Crippen LogP contribution in [-0.2, 0) is 11.8 Å². The number of halogens is 1. The van der Waals surface area contributed by atoms with Crippen molar-refractivity contribution < 1.29 is 5.11 Å². The minimum Gasteiger partial charge on any atom is -0.389 e. The standard InChI is InChI=1S/C27H38ClN8OPS/c1-27(2,37)18-34-9-11-35(12-10-34)20-13-21(14-20)36-17-19(15-30-36)31-26-29-16-22(28)25(33-26)32-23-7-5-6-8-24(23)38(3,4)39/h5-8,15-17,20-21,37H,9-14,18H2,1-4H3,(H2,29,31,32,33). The molecular weight excluding hydrogens is 551 g/mol. The summed E-state index contributed by atoms with van der Waals surface area (Å²) in [5, 5.41) is 22.9. The van der Waals surface area contributed by atoms with Crippen molar-refractivity contribution in [1.29, 1.82) is 0 Å². The minimum absolute atomic E-state index is 0.393. The van der Waals surface area contributed by atoms with Crippen molar-refractivity contribution in [3.05, 3.63) is 47.9 Å². The van der Waals surface area contributed by atoms with Crippen LogP contribution < -0.4 is 15.9 Å². The van der Waals surface area contributed by atoms with Crippen LogP contribution >= 0.6 is 17.6 Å². The van der Waals surface area contributed by atoms with Gasteiger partial charge in [-0.1, -0.05) is 41.6 Å². The van der Waals surface area contributed by atoms with Gasteiger partial charge in [-0.05, 0) is 52.1 Å². The number of anilines is 4. The van der Waals surface area contributed by atoms with Crippen molar-refractivity contribution in [2.24, 2.45) is 0 Å². The Hall–Kier alpha value is -2.07. The first-order chi connectivity index (χ1) is 18.4. The smallest absolute Gasteiger partial charge is 0.229 e. The Morgan fingerprint density at radius 2 is 1.79 bits per heavy atom. The van der Waals surface area contributed by atoms with Crippen LogP contribution in [0.4, 0.5) is 23.1 Å². The molecule has 12 heteroatoms. The molecule has 0 radical (unpaired) electrons. The zero-order valence-electron chi connectivity index (χ0n) is 23.0. The van der Waals surface area contributed by atoms with Crippen LogP contribution in [0.15, 0.2) is 42.9 Å². The van der Waals surface area contributed by atoms with Crippen LogP contribution in [0, 0.1) is 0 Å². The van der Waals surface area contributed by atoms with Crippen molar-refractivity contribution in [3.8, 4) is 0 Å². The number of aliphatic hydroxyl groups is 1. The number of hydrogen-bond acceptors (Lipinski definition) is 9. The van der Waals surface area contributed by atoms with Gasteiger partial charge in [-0.25, -0.2) is 4.98 Å². The summed E-state index contributed by atoms with van der Waals surface area (Å²) in [4.78, 5) is 13.9. The number of piperazine rings is 1. The van der Waals surface area contributed by atoms with Gasteiger partial charge >= 0.3 is 0 Å². The Labute approximate surface area is 241 Å². The molecule has 0 bridgehead atoms. The summed E-state index contributed by atoms with van der Waals surface area (Å²) >= 11 is 12.2. The molecule has 3 aromatic rings. The van der Waals surface area contributed by atoms with Crippen LogP contribution in [0.3, 0.4) is 0 Å². The van der Waals surface area contributed by atoms with Crippen molar-refractivity contribution >= 4 is 57.9 Å². The molecule has 1 aliphatic carbocycles. The lowest BCUT2D eigenvalue weighted by Gasteiger charge is -2.47. The van der Waals surface area contributed by atoms with Crippen LogP contribution in [0.1, 0.15) is 32.7 Å². The molecule has 2 aromatic heterocycles. The molecule has 2 fully saturated rings. The largest absolute Gasteiger partial charge is 0.389 e. The molecule has 0 atom stereocenters. The average molecular weight is 589 g/mol. The fourth-order valence-electron chi connectivity index (χ4n) is 5.33. The molecule has 0 unspecified atom stereocenters. The third-order valence-corrected chi connectivity index (χ3v) is 9.75. The summed E-state index contributed by atoms with van der Waals surface area (Å²) in [5.74, 6) is 0.976. The Morgan fingerprint density at radius 3 is 2.49 bits per heavy atom. The third kappa shape index (κ3) is 7.17. The number of nitrogens with one attached hydrogen (secondary N) is 2. The van der Waals surface area contributed by atoms with E-state index < -0.39 is 11.6 Å². The maximum Gasteiger partial charge on any atom is 0.229 e. The quantitative estimate of drug-likeness (QED) is 0.317. The summed E-state index contributed by atoms with van der Waals surface area (Å²) in [6, 6.07) is 7.37. The van der Waals surface area contributed by atoms with Crippen LogP contribution in [-0.4, -0.2) is 92.4 Å². The first-order valence-electron chi connectivity index (χ1n) is 13.4. The van der Waals surface area contributed by atoms with Crippen molar-refractivity contribution in [2.75, 3.05) is 56.7 Å². The lowest BCUT2D eigenvalue weighted by atomic mass is 9.85. The second kappa shape index (κ2) is 11.4. The van der Waals surface area contributed by atoms with Crippen molar-refractivity contribution in [3.63, 3.8) is 0 Å². The van der Waals surface area contributed by atoms with E-state index in [4.69, 9.17) is 23.4 Å². The van der Waals surface area contributed by atoms with Gasteiger partial charge in [0.2, 0.25) is 5.95 Å². The Morgan fingerprint density at radius 1 is 1.08 bits per heavy atom. The van der Waals surface area contributed by atoms with E-state index in [0.717, 1.165) is 62.2 Å². The highest BCUT2D eigenvalue weighted by Crippen LogP contribution is 2.39. The fraction of sp³-hybridized carbons (Fsp3) is 0.519. The molecule has 9 nitrogen and oxygen atoms in total. The highest BCUT2D eigenvalue weighted by atomic mass is 35.5. The van der Waals surface area contributed by atoms with Gasteiger partial charge in [0.05, 0.1) is 29.7 Å². The lowest BCUT2D eigenvalue weighted by Crippen LogP contribution is -2.56. The average Bonchev–Trinajstić information content (AvgIpc) is 3.28. The molecule has 0 spiro atoms. The van der Waals surface area contributed by atoms with E-state index in [1.165, 1.54) is 0 Å². The third-order valence-electron chi connectivity index (χ3n) is 7.34. The minimum atomic E-state index is -1.66. The molecule has 1 aromatic carbocycles. The molecule has 3 heterocycles. The van der Waals surface area contributed by atoms with Crippen molar-refractivity contribution in [2.45, 2.75) is 44.4 Å². The van der Waals surface area contributed by atoms with Gasteiger partial charge in [0.25, 0.3) is 0 Å². The van der Waals surface area contributed by atoms with Crippen LogP contribution in [0.2, 0.25) is 5.02 Å². The predicted molar refractivity (Wildman–Crippen MR) is 164 cm³/mol. The molecule has 1 aliphatic heterocycles. The van der Waals surface area contributed by atoms with E-state index >= 15 is 0 Å². The SMILES string of the molecule is CC(C)(O)CN1CCN(C2CC(n3cc(Nc4ncc(Cl)c(Nc5ccccc5P(C)(C)=S)n4)cn3)C2)CC1. The first kappa shape index (κ1) is 28.5. The summed E-state index contributed by atoms with van der Waals surface area (Å²) in [7, 11) is 0. The zero-order valence-corrected chi connectivity index (χ0v) is 25.5. The van der Waals surface area contributed by atoms with Gasteiger partial charge < -0.3 is 15.7 Å². The van der Waals surface area contributed by atoms with E-state index in [-0.39, 0.29) is 0 Å². The molecule has 210 valence electrons. The van der Waals surface area contributed by atoms with Crippen LogP contribution in [0.5, 0.6) is 0 Å². The summed E-state index contributed by atoms with van der Waals surface area (Å²) in [6.07, 6.45) is 7.62. The maximum atomic E-state index is 10.1. The number of benzene rings is 1. The second-order valence-corrected chi connectivity index (χ2v) is 18.0. The fourth-order valence-corrected chi connectivity index (χ4v) is 7.10. The van der Waals surface area contributed by atoms with E-state index in [9.17, 15) is 5.11 Å². The van der Waals surface area contributed by atoms with Gasteiger partial charge in [-0.3, -0.25) is 14.5 Å². The summed E-state index contributed by atoms with van der Waals surface area (Å²) < 4.78 is 2.05. The number of rotatable bonds is 9. The molecule has 5 rings (SSSR count). The monoisotopic (exact) mass is 588 g/mol. The van der Waals surface area contributed by atoms with Gasteiger partial charge in [0, 0.05) is 56.0 Å². The number of para-hydroxylation sites is 1. The lowest BCUT2D eigenvalue weighted by molar-refractivity contribution is -0.00583. The Balaban J connectivity index is 1.17. The zero-order chi connectivity index (χ0) is 27.8. The topological polar surface area (TPSA) is 94.4 Å². The van der Waals surface area contributed by atoms with Gasteiger partial charge in [0.1, 0.15) is 5.02 Å². The second-order valence-electron chi connectivity index (χ2n) is 11.6. The van der Waals surface area contributed by atoms with E-state index in [1.807, 2.05) is 49.1 Å². The Kier molecular flexibility index (Phi) is 8.34. The van der Waals surface area contributed by atoms with Crippen molar-refractivity contribution in [1.82, 2.24) is 29.5 Å². The van der Waals surface area contributed by atoms with E-state index in [1.54, 1.807) is 6.20 Å².